The van der Waals surface area contributed by atoms with Crippen LogP contribution in [-0.4, -0.2) is 46.7 Å². The highest BCUT2D eigenvalue weighted by Gasteiger charge is 2.22. The second-order valence-electron chi connectivity index (χ2n) is 8.71. The summed E-state index contributed by atoms with van der Waals surface area (Å²) >= 11 is 0. The predicted molar refractivity (Wildman–Crippen MR) is 124 cm³/mol. The molecule has 0 bridgehead atoms. The van der Waals surface area contributed by atoms with Crippen molar-refractivity contribution in [2.75, 3.05) is 26.0 Å². The number of hydrogen-bond acceptors (Lipinski definition) is 5. The summed E-state index contributed by atoms with van der Waals surface area (Å²) in [5, 5.41) is 12.8. The van der Waals surface area contributed by atoms with Crippen LogP contribution in [-0.2, 0) is 25.7 Å². The molecule has 1 aromatic heterocycles. The Labute approximate surface area is 183 Å². The Balaban J connectivity index is 1.39. The number of aromatic nitrogens is 2. The molecule has 0 spiro atoms. The number of anilines is 1. The van der Waals surface area contributed by atoms with Gasteiger partial charge in [0, 0.05) is 24.3 Å². The van der Waals surface area contributed by atoms with Gasteiger partial charge in [0.2, 0.25) is 5.95 Å². The Hall–Kier alpha value is -3.12. The molecule has 31 heavy (non-hydrogen) atoms. The van der Waals surface area contributed by atoms with Crippen LogP contribution in [0.15, 0.2) is 59.4 Å². The zero-order valence-electron chi connectivity index (χ0n) is 18.1. The van der Waals surface area contributed by atoms with E-state index >= 15 is 0 Å². The second kappa shape index (κ2) is 9.35. The number of benzene rings is 2. The van der Waals surface area contributed by atoms with Crippen molar-refractivity contribution in [1.29, 1.82) is 0 Å². The van der Waals surface area contributed by atoms with Crippen molar-refractivity contribution in [3.8, 4) is 5.75 Å². The number of likely N-dealkylation sites (N-methyl/N-ethyl adjacent to an activating group) is 1. The lowest BCUT2D eigenvalue weighted by Crippen LogP contribution is -2.37. The zero-order chi connectivity index (χ0) is 21.8. The Morgan fingerprint density at radius 3 is 2.45 bits per heavy atom. The number of nitrogens with one attached hydrogen (secondary N) is 2. The van der Waals surface area contributed by atoms with Gasteiger partial charge in [-0.2, -0.15) is 4.98 Å². The van der Waals surface area contributed by atoms with Crippen LogP contribution in [0.25, 0.3) is 0 Å². The number of nitrogens with zero attached hydrogens (tertiary/aromatic N) is 2. The molecule has 162 valence electrons. The number of phenols is 1. The highest BCUT2D eigenvalue weighted by molar-refractivity contribution is 5.33. The van der Waals surface area contributed by atoms with E-state index in [-0.39, 0.29) is 17.4 Å². The topological polar surface area (TPSA) is 81.2 Å². The van der Waals surface area contributed by atoms with E-state index in [2.05, 4.69) is 44.5 Å². The monoisotopic (exact) mass is 418 g/mol. The molecule has 0 amide bonds. The molecule has 0 radical (unpaired) electrons. The van der Waals surface area contributed by atoms with Crippen LogP contribution in [0.3, 0.4) is 0 Å². The van der Waals surface area contributed by atoms with Gasteiger partial charge < -0.3 is 20.3 Å². The Bertz CT molecular complexity index is 1050. The minimum atomic E-state index is -0.216. The van der Waals surface area contributed by atoms with Crippen LogP contribution < -0.4 is 10.9 Å². The number of H-pyrrole nitrogens is 1. The highest BCUT2D eigenvalue weighted by atomic mass is 16.3. The molecule has 3 N–H and O–H groups in total. The first-order valence-corrected chi connectivity index (χ1v) is 10.8. The third-order valence-corrected chi connectivity index (χ3v) is 6.09. The van der Waals surface area contributed by atoms with Crippen LogP contribution in [0.1, 0.15) is 22.4 Å². The molecular weight excluding hydrogens is 388 g/mol. The van der Waals surface area contributed by atoms with Gasteiger partial charge in [-0.25, -0.2) is 0 Å². The normalized spacial score (nSPS) is 14.5. The van der Waals surface area contributed by atoms with Gasteiger partial charge in [-0.15, -0.1) is 0 Å². The molecule has 6 nitrogen and oxygen atoms in total. The average Bonchev–Trinajstić information content (AvgIpc) is 3.14. The fourth-order valence-corrected chi connectivity index (χ4v) is 4.36. The van der Waals surface area contributed by atoms with E-state index in [9.17, 15) is 9.90 Å². The van der Waals surface area contributed by atoms with Crippen molar-refractivity contribution < 1.29 is 5.11 Å². The van der Waals surface area contributed by atoms with Crippen LogP contribution >= 0.6 is 0 Å². The summed E-state index contributed by atoms with van der Waals surface area (Å²) < 4.78 is 0. The number of fused-ring (bicyclic) bond motifs is 1. The summed E-state index contributed by atoms with van der Waals surface area (Å²) in [6, 6.07) is 17.7. The summed E-state index contributed by atoms with van der Waals surface area (Å²) in [6.45, 7) is 0.648. The van der Waals surface area contributed by atoms with E-state index in [4.69, 9.17) is 0 Å². The van der Waals surface area contributed by atoms with Crippen LogP contribution in [0.4, 0.5) is 5.95 Å². The predicted octanol–water partition coefficient (Wildman–Crippen LogP) is 3.02. The first-order chi connectivity index (χ1) is 15.0. The zero-order valence-corrected chi connectivity index (χ0v) is 18.1. The van der Waals surface area contributed by atoms with Crippen molar-refractivity contribution in [2.24, 2.45) is 5.92 Å². The van der Waals surface area contributed by atoms with Crippen molar-refractivity contribution in [3.63, 3.8) is 0 Å². The van der Waals surface area contributed by atoms with Gasteiger partial charge >= 0.3 is 0 Å². The number of rotatable bonds is 8. The summed E-state index contributed by atoms with van der Waals surface area (Å²) in [5.41, 5.74) is 4.71. The van der Waals surface area contributed by atoms with Gasteiger partial charge in [-0.3, -0.25) is 4.79 Å². The number of aromatic hydroxyl groups is 1. The van der Waals surface area contributed by atoms with Crippen LogP contribution in [0, 0.1) is 5.92 Å². The fraction of sp³-hybridized carbons (Fsp3) is 0.360. The van der Waals surface area contributed by atoms with Gasteiger partial charge in [-0.1, -0.05) is 36.4 Å². The smallest absolute Gasteiger partial charge is 0.274 e. The minimum absolute atomic E-state index is 0.211. The van der Waals surface area contributed by atoms with E-state index in [0.717, 1.165) is 36.9 Å². The lowest BCUT2D eigenvalue weighted by atomic mass is 10.00. The molecule has 1 aliphatic rings. The fourth-order valence-electron chi connectivity index (χ4n) is 4.36. The molecule has 4 rings (SSSR count). The van der Waals surface area contributed by atoms with Crippen LogP contribution in [0.5, 0.6) is 5.75 Å². The van der Waals surface area contributed by atoms with Gasteiger partial charge in [0.15, 0.2) is 0 Å². The molecule has 1 aliphatic carbocycles. The molecule has 1 heterocycles. The molecule has 0 aliphatic heterocycles. The van der Waals surface area contributed by atoms with E-state index in [1.807, 2.05) is 26.2 Å². The minimum Gasteiger partial charge on any atom is -0.508 e. The molecule has 0 saturated heterocycles. The third-order valence-electron chi connectivity index (χ3n) is 6.09. The van der Waals surface area contributed by atoms with Crippen molar-refractivity contribution in [2.45, 2.75) is 31.7 Å². The number of hydrogen-bond donors (Lipinski definition) is 3. The van der Waals surface area contributed by atoms with E-state index < -0.39 is 0 Å². The van der Waals surface area contributed by atoms with Crippen molar-refractivity contribution >= 4 is 5.95 Å². The molecule has 0 fully saturated rings. The standard InChI is InChI=1S/C25H30N4O2/c1-29(2)22(14-17-7-9-23(30)10-8-17)16-26-25-27-21(15-24(31)28-25)13-18-11-19-5-3-4-6-20(19)12-18/h3-10,15,18,22,30H,11-14,16H2,1-2H3,(H2,26,27,28,31). The van der Waals surface area contributed by atoms with Gasteiger partial charge in [0.1, 0.15) is 5.75 Å². The highest BCUT2D eigenvalue weighted by Crippen LogP contribution is 2.28. The maximum Gasteiger partial charge on any atom is 0.274 e. The summed E-state index contributed by atoms with van der Waals surface area (Å²) in [6.07, 6.45) is 3.77. The number of aromatic amines is 1. The van der Waals surface area contributed by atoms with Gasteiger partial charge in [0.25, 0.3) is 5.56 Å². The largest absolute Gasteiger partial charge is 0.508 e. The van der Waals surface area contributed by atoms with Gasteiger partial charge in [-0.05, 0) is 74.5 Å². The maximum atomic E-state index is 12.2. The molecular formula is C25H30N4O2. The Morgan fingerprint density at radius 1 is 1.13 bits per heavy atom. The lowest BCUT2D eigenvalue weighted by molar-refractivity contribution is 0.303. The van der Waals surface area contributed by atoms with Gasteiger partial charge in [0.05, 0.1) is 0 Å². The average molecular weight is 419 g/mol. The first-order valence-electron chi connectivity index (χ1n) is 10.8. The third kappa shape index (κ3) is 5.52. The summed E-state index contributed by atoms with van der Waals surface area (Å²) in [7, 11) is 4.08. The summed E-state index contributed by atoms with van der Waals surface area (Å²) in [5.74, 6) is 1.30. The maximum absolute atomic E-state index is 12.2. The van der Waals surface area contributed by atoms with E-state index in [1.165, 1.54) is 11.1 Å². The molecule has 2 aromatic carbocycles. The molecule has 1 unspecified atom stereocenters. The Morgan fingerprint density at radius 2 is 1.81 bits per heavy atom. The Kier molecular flexibility index (Phi) is 6.37. The molecule has 1 atom stereocenters. The SMILES string of the molecule is CN(C)C(CNc1nc(=O)cc(CC2Cc3ccccc3C2)[nH]1)Cc1ccc(O)cc1. The quantitative estimate of drug-likeness (QED) is 0.524. The second-order valence-corrected chi connectivity index (χ2v) is 8.71. The lowest BCUT2D eigenvalue weighted by Gasteiger charge is -2.25. The first kappa shape index (κ1) is 21.1. The summed E-state index contributed by atoms with van der Waals surface area (Å²) in [4.78, 5) is 21.8. The molecule has 0 saturated carbocycles. The molecule has 3 aromatic rings. The van der Waals surface area contributed by atoms with Crippen molar-refractivity contribution in [3.05, 3.63) is 87.3 Å². The molecule has 6 heteroatoms. The van der Waals surface area contributed by atoms with Crippen LogP contribution in [0.2, 0.25) is 0 Å². The number of phenolic OH excluding ortho intramolecular Hbond substituents is 1. The van der Waals surface area contributed by atoms with E-state index in [0.29, 0.717) is 18.4 Å². The van der Waals surface area contributed by atoms with Crippen molar-refractivity contribution in [1.82, 2.24) is 14.9 Å². The van der Waals surface area contributed by atoms with E-state index in [1.54, 1.807) is 18.2 Å².